The number of hydrogen-bond donors (Lipinski definition) is 5. The number of para-hydroxylation sites is 1. The van der Waals surface area contributed by atoms with Gasteiger partial charge in [0.05, 0.1) is 57.6 Å². The highest BCUT2D eigenvalue weighted by Crippen LogP contribution is 2.29. The molecule has 3 heterocycles. The molecule has 19 nitrogen and oxygen atoms in total. The molecule has 484 valence electrons. The van der Waals surface area contributed by atoms with Crippen molar-refractivity contribution in [3.8, 4) is 23.4 Å². The maximum Gasteiger partial charge on any atom is 0.328 e. The summed E-state index contributed by atoms with van der Waals surface area (Å²) >= 11 is 7.44. The van der Waals surface area contributed by atoms with Gasteiger partial charge in [0.2, 0.25) is 11.6 Å². The molecule has 0 unspecified atom stereocenters. The molecule has 90 heavy (non-hydrogen) atoms. The van der Waals surface area contributed by atoms with E-state index < -0.39 is 60.8 Å². The van der Waals surface area contributed by atoms with Gasteiger partial charge in [0.1, 0.15) is 61.5 Å². The Morgan fingerprint density at radius 2 is 0.989 bits per heavy atom. The highest BCUT2D eigenvalue weighted by molar-refractivity contribution is 14.1. The first-order valence-corrected chi connectivity index (χ1v) is 37.3. The first-order valence-electron chi connectivity index (χ1n) is 26.0. The van der Waals surface area contributed by atoms with Gasteiger partial charge in [0.15, 0.2) is 23.3 Å². The van der Waals surface area contributed by atoms with Gasteiger partial charge < -0.3 is 51.3 Å². The fraction of sp³-hybridized carbons (Fsp3) is 0.271. The predicted octanol–water partition coefficient (Wildman–Crippen LogP) is 15.4. The van der Waals surface area contributed by atoms with Crippen LogP contribution in [-0.4, -0.2) is 82.4 Å². The van der Waals surface area contributed by atoms with Crippen molar-refractivity contribution >= 4 is 174 Å². The van der Waals surface area contributed by atoms with Crippen molar-refractivity contribution in [3.05, 3.63) is 171 Å². The zero-order chi connectivity index (χ0) is 69.1. The number of rotatable bonds is 5. The molecule has 31 heteroatoms. The summed E-state index contributed by atoms with van der Waals surface area (Å²) in [6, 6.07) is 20.3. The van der Waals surface area contributed by atoms with Gasteiger partial charge in [-0.25, -0.2) is 32.5 Å². The highest BCUT2D eigenvalue weighted by Gasteiger charge is 2.22. The van der Waals surface area contributed by atoms with E-state index in [1.807, 2.05) is 130 Å². The van der Waals surface area contributed by atoms with Crippen LogP contribution in [0.4, 0.5) is 60.5 Å². The molecule has 0 saturated heterocycles. The Bertz CT molecular complexity index is 4050. The first-order chi connectivity index (χ1) is 41.6. The summed E-state index contributed by atoms with van der Waals surface area (Å²) in [6.07, 6.45) is 5.12. The van der Waals surface area contributed by atoms with Crippen molar-refractivity contribution in [2.24, 2.45) is 14.1 Å². The number of terminal acetylenes is 1. The van der Waals surface area contributed by atoms with E-state index in [2.05, 4.69) is 76.2 Å². The van der Waals surface area contributed by atoms with Gasteiger partial charge in [-0.1, -0.05) is 51.3 Å². The molecule has 0 fully saturated rings. The van der Waals surface area contributed by atoms with E-state index >= 15 is 0 Å². The number of nitrogens with two attached hydrogens (primary N) is 4. The SMILES string of the molecule is C#C[Si](C)(C)C.COC(C)(OC)OC.Cc1nc2c(F)c(C#C[Si](C)(C)C)ccc2n1C.Cc1nc2c(F)c(I)ccc2[nH]1.Cc1nc2c(F)c(I)ccc2n1C.Nc1ccc(I)c(F)c1N.Nc1ccc(I)c(F)c1[N+](=O)[O-].Nc1cccc(F)c1[N+](=O)[O-]. The number of nitro groups is 2. The molecule has 0 atom stereocenters. The average Bonchev–Trinajstić information content (AvgIpc) is 1.68. The minimum absolute atomic E-state index is 0.0342. The van der Waals surface area contributed by atoms with Crippen LogP contribution in [0.3, 0.4) is 0 Å². The number of imidazole rings is 3. The van der Waals surface area contributed by atoms with Crippen LogP contribution < -0.4 is 22.9 Å². The fourth-order valence-electron chi connectivity index (χ4n) is 6.45. The number of halogens is 10. The van der Waals surface area contributed by atoms with Gasteiger partial charge in [0.25, 0.3) is 5.97 Å². The zero-order valence-corrected chi connectivity index (χ0v) is 62.3. The predicted molar refractivity (Wildman–Crippen MR) is 384 cm³/mol. The van der Waals surface area contributed by atoms with Crippen LogP contribution in [0.25, 0.3) is 33.1 Å². The third-order valence-electron chi connectivity index (χ3n) is 11.8. The Balaban J connectivity index is 0.000000357. The number of nitro benzene ring substituents is 2. The van der Waals surface area contributed by atoms with E-state index in [4.69, 9.17) is 43.6 Å². The van der Waals surface area contributed by atoms with Crippen LogP contribution >= 0.6 is 90.4 Å². The third-order valence-corrected chi connectivity index (χ3v) is 16.9. The summed E-state index contributed by atoms with van der Waals surface area (Å²) in [5, 5.41) is 20.4. The lowest BCUT2D eigenvalue weighted by Crippen LogP contribution is -2.31. The second kappa shape index (κ2) is 35.5. The molecule has 9 rings (SSSR count). The van der Waals surface area contributed by atoms with Crippen LogP contribution in [0, 0.1) is 114 Å². The fourth-order valence-corrected chi connectivity index (χ4v) is 8.73. The molecular formula is C59H68F6I4N12O7Si2. The minimum atomic E-state index is -1.49. The number of aromatic amines is 1. The third kappa shape index (κ3) is 23.4. The van der Waals surface area contributed by atoms with Gasteiger partial charge in [-0.05, 0) is 184 Å². The summed E-state index contributed by atoms with van der Waals surface area (Å²) in [6.45, 7) is 20.1. The van der Waals surface area contributed by atoms with Crippen molar-refractivity contribution in [3.63, 3.8) is 0 Å². The molecule has 0 aliphatic rings. The van der Waals surface area contributed by atoms with Gasteiger partial charge in [0, 0.05) is 42.3 Å². The monoisotopic (exact) mass is 1730 g/mol. The lowest BCUT2D eigenvalue weighted by molar-refractivity contribution is -0.386. The number of aryl methyl sites for hydroxylation is 5. The smallest absolute Gasteiger partial charge is 0.328 e. The summed E-state index contributed by atoms with van der Waals surface area (Å²) in [5.41, 5.74) is 29.7. The molecule has 0 aliphatic carbocycles. The molecule has 6 aromatic carbocycles. The lowest BCUT2D eigenvalue weighted by atomic mass is 10.2. The second-order valence-electron chi connectivity index (χ2n) is 20.8. The largest absolute Gasteiger partial charge is 0.397 e. The van der Waals surface area contributed by atoms with Crippen LogP contribution in [0.2, 0.25) is 39.3 Å². The molecule has 0 aliphatic heterocycles. The van der Waals surface area contributed by atoms with Gasteiger partial charge in [-0.2, -0.15) is 8.78 Å². The van der Waals surface area contributed by atoms with Crippen LogP contribution in [0.1, 0.15) is 30.0 Å². The average molecular weight is 1740 g/mol. The number of anilines is 4. The minimum Gasteiger partial charge on any atom is -0.397 e. The van der Waals surface area contributed by atoms with Crippen molar-refractivity contribution in [2.45, 2.75) is 73.0 Å². The van der Waals surface area contributed by atoms with Crippen molar-refractivity contribution in [1.82, 2.24) is 29.1 Å². The van der Waals surface area contributed by atoms with Gasteiger partial charge in [-0.3, -0.25) is 20.2 Å². The Kier molecular flexibility index (Phi) is 31.4. The molecule has 0 bridgehead atoms. The number of nitrogen functional groups attached to an aromatic ring is 4. The van der Waals surface area contributed by atoms with E-state index in [0.717, 1.165) is 40.1 Å². The standard InChI is InChI=1S/C14H17FN2Si.C9H8FIN2.C8H6FIN2.C6H4FIN2O2.C6H6FIN2.C6H5FN2O2.C5H12O3.C5H10Si/c1-10-16-14-12(17(10)2)7-6-11(13(14)15)8-9-18(3,4)5;1-5-12-9-7(13(5)2)4-3-6(11)8(9)10;1-4-11-6-3-2-5(10)7(9)8(6)12-4;7-5-3(8)1-2-4(9)6(5)10(11)12;7-5-3(8)1-2-4(9)6(5)10;7-4-2-1-3-5(8)6(4)9(10)11;1-5(6-2,7-3)8-4;1-5-6(2,3)4/h6-7H,1-5H3;3-4H,1-2H3;2-3H,1H3,(H,11,12);1-2H,9H2;1-2H,9-10H2;1-3H,8H2;1-4H3;1H,2-4H3. The second-order valence-corrected chi connectivity index (χ2v) is 35.0. The first kappa shape index (κ1) is 79.8. The van der Waals surface area contributed by atoms with Crippen molar-refractivity contribution in [2.75, 3.05) is 44.3 Å². The maximum atomic E-state index is 14.3. The van der Waals surface area contributed by atoms with Crippen molar-refractivity contribution < 1.29 is 50.4 Å². The Morgan fingerprint density at radius 3 is 1.40 bits per heavy atom. The number of methoxy groups -OCH3 is 3. The molecule has 3 aromatic heterocycles. The quantitative estimate of drug-likeness (QED) is 0.0157. The Morgan fingerprint density at radius 1 is 0.578 bits per heavy atom. The summed E-state index contributed by atoms with van der Waals surface area (Å²) in [5.74, 6) is 1.49. The number of H-pyrrole nitrogens is 1. The van der Waals surface area contributed by atoms with Crippen LogP contribution in [0.15, 0.2) is 78.9 Å². The number of hydrogen-bond acceptors (Lipinski definition) is 14. The van der Waals surface area contributed by atoms with E-state index in [1.165, 1.54) is 45.6 Å². The molecule has 0 amide bonds. The molecule has 0 spiro atoms. The zero-order valence-electron chi connectivity index (χ0n) is 51.7. The van der Waals surface area contributed by atoms with E-state index in [9.17, 15) is 46.6 Å². The van der Waals surface area contributed by atoms with Gasteiger partial charge in [-0.15, -0.1) is 17.5 Å². The molecule has 9 N–H and O–H groups in total. The molecule has 0 saturated carbocycles. The number of nitrogens with one attached hydrogen (secondary N) is 1. The van der Waals surface area contributed by atoms with E-state index in [-0.39, 0.29) is 43.8 Å². The van der Waals surface area contributed by atoms with Crippen molar-refractivity contribution in [1.29, 1.82) is 0 Å². The van der Waals surface area contributed by atoms with E-state index in [1.54, 1.807) is 59.8 Å². The van der Waals surface area contributed by atoms with Gasteiger partial charge >= 0.3 is 11.4 Å². The number of nitrogens with zero attached hydrogens (tertiary/aromatic N) is 7. The number of fused-ring (bicyclic) bond motifs is 3. The summed E-state index contributed by atoms with van der Waals surface area (Å²) in [7, 11) is 5.74. The summed E-state index contributed by atoms with van der Waals surface area (Å²) < 4.78 is 99.5. The summed E-state index contributed by atoms with van der Waals surface area (Å²) in [4.78, 5) is 34.2. The Labute approximate surface area is 574 Å². The maximum absolute atomic E-state index is 14.3. The molecule has 9 aromatic rings. The van der Waals surface area contributed by atoms with Crippen LogP contribution in [-0.2, 0) is 28.3 Å². The molecule has 0 radical (unpaired) electrons. The number of aromatic nitrogens is 6. The Hall–Kier alpha value is -6.34. The normalized spacial score (nSPS) is 10.7. The lowest BCUT2D eigenvalue weighted by Gasteiger charge is -2.23. The topological polar surface area (TPSA) is 282 Å². The van der Waals surface area contributed by atoms with E-state index in [0.29, 0.717) is 32.8 Å². The highest BCUT2D eigenvalue weighted by atomic mass is 127. The van der Waals surface area contributed by atoms with Crippen LogP contribution in [0.5, 0.6) is 0 Å². The molecular weight excluding hydrogens is 1670 g/mol. The number of benzene rings is 6. The number of ether oxygens (including phenoxy) is 3.